The highest BCUT2D eigenvalue weighted by Crippen LogP contribution is 2.10. The molecule has 0 spiro atoms. The van der Waals surface area contributed by atoms with Gasteiger partial charge in [-0.3, -0.25) is 4.90 Å². The number of likely N-dealkylation sites (N-methyl/N-ethyl adjacent to an activating group) is 1. The fourth-order valence-corrected chi connectivity index (χ4v) is 1.57. The maximum atomic E-state index is 5.04. The highest BCUT2D eigenvalue weighted by atomic mass is 16.5. The summed E-state index contributed by atoms with van der Waals surface area (Å²) in [4.78, 5) is 2.24. The van der Waals surface area contributed by atoms with Gasteiger partial charge in [0.2, 0.25) is 0 Å². The quantitative estimate of drug-likeness (QED) is 0.639. The van der Waals surface area contributed by atoms with E-state index < -0.39 is 0 Å². The van der Waals surface area contributed by atoms with Crippen LogP contribution < -0.4 is 0 Å². The van der Waals surface area contributed by atoms with E-state index in [2.05, 4.69) is 26.7 Å². The second-order valence-corrected chi connectivity index (χ2v) is 3.35. The molecule has 2 rings (SSSR count). The van der Waals surface area contributed by atoms with Crippen molar-refractivity contribution < 1.29 is 4.74 Å². The Morgan fingerprint density at radius 3 is 3.00 bits per heavy atom. The van der Waals surface area contributed by atoms with E-state index in [-0.39, 0.29) is 0 Å². The summed E-state index contributed by atoms with van der Waals surface area (Å²) in [5.41, 5.74) is 0. The summed E-state index contributed by atoms with van der Waals surface area (Å²) < 4.78 is 7.18. The lowest BCUT2D eigenvalue weighted by Gasteiger charge is -2.23. The lowest BCUT2D eigenvalue weighted by Crippen LogP contribution is -2.31. The van der Waals surface area contributed by atoms with Gasteiger partial charge in [-0.1, -0.05) is 0 Å². The fraction of sp³-hybridized carbons (Fsp3) is 0.750. The molecule has 5 nitrogen and oxygen atoms in total. The molecule has 0 bridgehead atoms. The SMILES string of the molecule is COCc1nnc2n1CCN(C)C2. The first kappa shape index (κ1) is 8.65. The minimum Gasteiger partial charge on any atom is -0.377 e. The Hall–Kier alpha value is -0.940. The van der Waals surface area contributed by atoms with Crippen LogP contribution in [-0.4, -0.2) is 40.4 Å². The maximum absolute atomic E-state index is 5.04. The third-order valence-corrected chi connectivity index (χ3v) is 2.29. The van der Waals surface area contributed by atoms with Crippen molar-refractivity contribution in [3.63, 3.8) is 0 Å². The standard InChI is InChI=1S/C8H14N4O/c1-11-3-4-12-7(5-11)9-10-8(12)6-13-2/h3-6H2,1-2H3. The Labute approximate surface area is 77.3 Å². The second kappa shape index (κ2) is 3.43. The molecule has 72 valence electrons. The van der Waals surface area contributed by atoms with E-state index in [0.29, 0.717) is 6.61 Å². The van der Waals surface area contributed by atoms with Crippen molar-refractivity contribution in [2.45, 2.75) is 19.7 Å². The number of ether oxygens (including phenoxy) is 1. The average Bonchev–Trinajstić information content (AvgIpc) is 2.49. The zero-order valence-electron chi connectivity index (χ0n) is 8.03. The molecule has 1 aromatic rings. The monoisotopic (exact) mass is 182 g/mol. The highest BCUT2D eigenvalue weighted by molar-refractivity contribution is 4.97. The predicted molar refractivity (Wildman–Crippen MR) is 47.1 cm³/mol. The molecule has 0 N–H and O–H groups in total. The lowest BCUT2D eigenvalue weighted by molar-refractivity contribution is 0.169. The molecule has 5 heteroatoms. The van der Waals surface area contributed by atoms with Crippen LogP contribution in [0.3, 0.4) is 0 Å². The van der Waals surface area contributed by atoms with E-state index in [9.17, 15) is 0 Å². The van der Waals surface area contributed by atoms with E-state index in [1.165, 1.54) is 0 Å². The number of methoxy groups -OCH3 is 1. The molecule has 0 saturated heterocycles. The van der Waals surface area contributed by atoms with Gasteiger partial charge in [-0.15, -0.1) is 10.2 Å². The number of rotatable bonds is 2. The molecule has 0 saturated carbocycles. The lowest BCUT2D eigenvalue weighted by atomic mass is 10.4. The third-order valence-electron chi connectivity index (χ3n) is 2.29. The molecule has 0 aliphatic carbocycles. The third kappa shape index (κ3) is 1.57. The number of fused-ring (bicyclic) bond motifs is 1. The zero-order chi connectivity index (χ0) is 9.26. The van der Waals surface area contributed by atoms with Crippen LogP contribution in [0.1, 0.15) is 11.6 Å². The van der Waals surface area contributed by atoms with Gasteiger partial charge in [0, 0.05) is 20.2 Å². The molecular formula is C8H14N4O. The predicted octanol–water partition coefficient (Wildman–Crippen LogP) is -0.130. The number of hydrogen-bond donors (Lipinski definition) is 0. The van der Waals surface area contributed by atoms with Crippen molar-refractivity contribution in [3.05, 3.63) is 11.6 Å². The molecule has 0 fully saturated rings. The first-order valence-corrected chi connectivity index (χ1v) is 4.39. The normalized spacial score (nSPS) is 17.4. The summed E-state index contributed by atoms with van der Waals surface area (Å²) in [5.74, 6) is 1.98. The van der Waals surface area contributed by atoms with Crippen molar-refractivity contribution in [3.8, 4) is 0 Å². The van der Waals surface area contributed by atoms with Crippen molar-refractivity contribution in [2.24, 2.45) is 0 Å². The molecule has 0 radical (unpaired) electrons. The number of hydrogen-bond acceptors (Lipinski definition) is 4. The van der Waals surface area contributed by atoms with Crippen molar-refractivity contribution in [1.29, 1.82) is 0 Å². The highest BCUT2D eigenvalue weighted by Gasteiger charge is 2.17. The van der Waals surface area contributed by atoms with Gasteiger partial charge in [0.05, 0.1) is 6.54 Å². The van der Waals surface area contributed by atoms with Crippen molar-refractivity contribution in [1.82, 2.24) is 19.7 Å². The Morgan fingerprint density at radius 2 is 2.23 bits per heavy atom. The summed E-state index contributed by atoms with van der Waals surface area (Å²) in [5, 5.41) is 8.20. The van der Waals surface area contributed by atoms with Gasteiger partial charge in [0.25, 0.3) is 0 Å². The summed E-state index contributed by atoms with van der Waals surface area (Å²) in [6.45, 7) is 3.46. The minimum atomic E-state index is 0.552. The van der Waals surface area contributed by atoms with Crippen LogP contribution in [0.5, 0.6) is 0 Å². The number of aromatic nitrogens is 3. The van der Waals surface area contributed by atoms with E-state index in [4.69, 9.17) is 4.74 Å². The molecule has 1 aromatic heterocycles. The first-order valence-electron chi connectivity index (χ1n) is 4.39. The van der Waals surface area contributed by atoms with Crippen LogP contribution >= 0.6 is 0 Å². The largest absolute Gasteiger partial charge is 0.377 e. The molecular weight excluding hydrogens is 168 g/mol. The smallest absolute Gasteiger partial charge is 0.159 e. The maximum Gasteiger partial charge on any atom is 0.159 e. The molecule has 0 amide bonds. The summed E-state index contributed by atoms with van der Waals surface area (Å²) >= 11 is 0. The molecule has 0 aromatic carbocycles. The Bertz CT molecular complexity index is 283. The molecule has 0 unspecified atom stereocenters. The van der Waals surface area contributed by atoms with Crippen molar-refractivity contribution >= 4 is 0 Å². The van der Waals surface area contributed by atoms with Crippen molar-refractivity contribution in [2.75, 3.05) is 20.7 Å². The Kier molecular flexibility index (Phi) is 2.28. The van der Waals surface area contributed by atoms with Crippen LogP contribution in [0, 0.1) is 0 Å². The van der Waals surface area contributed by atoms with Crippen LogP contribution in [-0.2, 0) is 24.4 Å². The molecule has 13 heavy (non-hydrogen) atoms. The van der Waals surface area contributed by atoms with Gasteiger partial charge in [0.1, 0.15) is 12.4 Å². The zero-order valence-corrected chi connectivity index (χ0v) is 8.03. The minimum absolute atomic E-state index is 0.552. The summed E-state index contributed by atoms with van der Waals surface area (Å²) in [6, 6.07) is 0. The van der Waals surface area contributed by atoms with Gasteiger partial charge in [-0.05, 0) is 7.05 Å². The number of nitrogens with zero attached hydrogens (tertiary/aromatic N) is 4. The van der Waals surface area contributed by atoms with Gasteiger partial charge >= 0.3 is 0 Å². The second-order valence-electron chi connectivity index (χ2n) is 3.35. The van der Waals surface area contributed by atoms with Gasteiger partial charge in [-0.25, -0.2) is 0 Å². The Morgan fingerprint density at radius 1 is 1.38 bits per heavy atom. The molecule has 0 atom stereocenters. The van der Waals surface area contributed by atoms with E-state index in [1.54, 1.807) is 7.11 Å². The first-order chi connectivity index (χ1) is 6.31. The molecule has 1 aliphatic heterocycles. The fourth-order valence-electron chi connectivity index (χ4n) is 1.57. The van der Waals surface area contributed by atoms with E-state index in [1.807, 2.05) is 0 Å². The van der Waals surface area contributed by atoms with E-state index >= 15 is 0 Å². The van der Waals surface area contributed by atoms with Crippen LogP contribution in [0.2, 0.25) is 0 Å². The van der Waals surface area contributed by atoms with Crippen LogP contribution in [0.15, 0.2) is 0 Å². The Balaban J connectivity index is 2.23. The summed E-state index contributed by atoms with van der Waals surface area (Å²) in [7, 11) is 3.77. The topological polar surface area (TPSA) is 43.2 Å². The average molecular weight is 182 g/mol. The van der Waals surface area contributed by atoms with Gasteiger partial charge in [-0.2, -0.15) is 0 Å². The van der Waals surface area contributed by atoms with E-state index in [0.717, 1.165) is 31.3 Å². The van der Waals surface area contributed by atoms with Crippen LogP contribution in [0.4, 0.5) is 0 Å². The molecule has 1 aliphatic rings. The summed E-state index contributed by atoms with van der Waals surface area (Å²) in [6.07, 6.45) is 0. The molecule has 2 heterocycles. The van der Waals surface area contributed by atoms with Gasteiger partial charge < -0.3 is 9.30 Å². The van der Waals surface area contributed by atoms with Gasteiger partial charge in [0.15, 0.2) is 5.82 Å². The van der Waals surface area contributed by atoms with Crippen LogP contribution in [0.25, 0.3) is 0 Å².